The van der Waals surface area contributed by atoms with Crippen LogP contribution >= 0.6 is 0 Å². The van der Waals surface area contributed by atoms with Gasteiger partial charge in [-0.3, -0.25) is 4.68 Å². The maximum atomic E-state index is 5.53. The highest BCUT2D eigenvalue weighted by molar-refractivity contribution is 5.12. The zero-order chi connectivity index (χ0) is 13.0. The van der Waals surface area contributed by atoms with Crippen LogP contribution < -0.4 is 5.73 Å². The van der Waals surface area contributed by atoms with Crippen LogP contribution in [0.5, 0.6) is 0 Å². The minimum absolute atomic E-state index is 0.643. The smallest absolute Gasteiger partial charge is 0.0953 e. The van der Waals surface area contributed by atoms with Crippen LogP contribution in [0.3, 0.4) is 0 Å². The van der Waals surface area contributed by atoms with Gasteiger partial charge in [0.1, 0.15) is 0 Å². The average molecular weight is 247 g/mol. The molecule has 0 aromatic carbocycles. The van der Waals surface area contributed by atoms with Crippen LogP contribution in [-0.2, 0) is 25.9 Å². The fourth-order valence-corrected chi connectivity index (χ4v) is 2.05. The number of aromatic nitrogens is 4. The second-order valence-corrected chi connectivity index (χ2v) is 4.37. The number of hydrogen-bond donors (Lipinski definition) is 1. The number of hydrogen-bond acceptors (Lipinski definition) is 3. The first-order valence-electron chi connectivity index (χ1n) is 6.53. The van der Waals surface area contributed by atoms with Crippen LogP contribution in [0.1, 0.15) is 30.9 Å². The summed E-state index contributed by atoms with van der Waals surface area (Å²) in [4.78, 5) is 4.34. The number of nitrogens with two attached hydrogens (primary N) is 1. The van der Waals surface area contributed by atoms with Gasteiger partial charge in [-0.25, -0.2) is 4.98 Å². The summed E-state index contributed by atoms with van der Waals surface area (Å²) in [6.07, 6.45) is 5.73. The molecule has 98 valence electrons. The Kier molecular flexibility index (Phi) is 4.15. The molecule has 0 saturated heterocycles. The molecule has 2 N–H and O–H groups in total. The molecule has 0 amide bonds. The molecule has 0 radical (unpaired) electrons. The molecule has 0 atom stereocenters. The Morgan fingerprint density at radius 3 is 2.78 bits per heavy atom. The fraction of sp³-hybridized carbons (Fsp3) is 0.538. The summed E-state index contributed by atoms with van der Waals surface area (Å²) in [7, 11) is 0. The molecule has 0 aliphatic carbocycles. The van der Waals surface area contributed by atoms with Crippen LogP contribution in [0.2, 0.25) is 0 Å². The van der Waals surface area contributed by atoms with Crippen molar-refractivity contribution in [2.75, 3.05) is 6.54 Å². The summed E-state index contributed by atoms with van der Waals surface area (Å²) in [5.74, 6) is 0. The molecular formula is C13H21N5. The predicted molar refractivity (Wildman–Crippen MR) is 71.4 cm³/mol. The largest absolute Gasteiger partial charge is 0.331 e. The lowest BCUT2D eigenvalue weighted by molar-refractivity contribution is 0.594. The van der Waals surface area contributed by atoms with Crippen LogP contribution in [0.15, 0.2) is 18.6 Å². The van der Waals surface area contributed by atoms with E-state index in [1.807, 2.05) is 6.33 Å². The number of imidazole rings is 1. The SMILES string of the molecule is CCc1cc(Cn2cnc(CCN)c2)n(CC)n1. The number of aryl methyl sites for hydroxylation is 2. The van der Waals surface area contributed by atoms with E-state index in [-0.39, 0.29) is 0 Å². The van der Waals surface area contributed by atoms with E-state index in [2.05, 4.69) is 45.4 Å². The highest BCUT2D eigenvalue weighted by Gasteiger charge is 2.07. The molecule has 0 spiro atoms. The first-order valence-corrected chi connectivity index (χ1v) is 6.53. The second kappa shape index (κ2) is 5.82. The van der Waals surface area contributed by atoms with E-state index in [1.165, 1.54) is 5.69 Å². The van der Waals surface area contributed by atoms with Gasteiger partial charge < -0.3 is 10.3 Å². The van der Waals surface area contributed by atoms with Crippen molar-refractivity contribution in [1.29, 1.82) is 0 Å². The van der Waals surface area contributed by atoms with Gasteiger partial charge in [-0.05, 0) is 26.0 Å². The molecule has 18 heavy (non-hydrogen) atoms. The average Bonchev–Trinajstić information content (AvgIpc) is 2.97. The summed E-state index contributed by atoms with van der Waals surface area (Å²) < 4.78 is 4.15. The second-order valence-electron chi connectivity index (χ2n) is 4.37. The lowest BCUT2D eigenvalue weighted by atomic mass is 10.3. The van der Waals surface area contributed by atoms with E-state index in [4.69, 9.17) is 5.73 Å². The maximum Gasteiger partial charge on any atom is 0.0953 e. The van der Waals surface area contributed by atoms with Gasteiger partial charge in [0.15, 0.2) is 0 Å². The van der Waals surface area contributed by atoms with E-state index in [9.17, 15) is 0 Å². The van der Waals surface area contributed by atoms with Gasteiger partial charge in [0.25, 0.3) is 0 Å². The Morgan fingerprint density at radius 1 is 1.28 bits per heavy atom. The van der Waals surface area contributed by atoms with Gasteiger partial charge in [0.2, 0.25) is 0 Å². The number of rotatable bonds is 6. The first-order chi connectivity index (χ1) is 8.76. The molecule has 5 heteroatoms. The van der Waals surface area contributed by atoms with E-state index in [0.29, 0.717) is 6.54 Å². The van der Waals surface area contributed by atoms with Gasteiger partial charge in [0, 0.05) is 19.2 Å². The van der Waals surface area contributed by atoms with Gasteiger partial charge in [-0.1, -0.05) is 6.92 Å². The minimum Gasteiger partial charge on any atom is -0.331 e. The topological polar surface area (TPSA) is 61.7 Å². The van der Waals surface area contributed by atoms with Crippen molar-refractivity contribution in [2.24, 2.45) is 5.73 Å². The Morgan fingerprint density at radius 2 is 2.11 bits per heavy atom. The minimum atomic E-state index is 0.643. The number of nitrogens with zero attached hydrogens (tertiary/aromatic N) is 4. The van der Waals surface area contributed by atoms with Crippen molar-refractivity contribution in [3.05, 3.63) is 35.7 Å². The third kappa shape index (κ3) is 2.79. The molecule has 0 saturated carbocycles. The van der Waals surface area contributed by atoms with Crippen molar-refractivity contribution in [3.8, 4) is 0 Å². The van der Waals surface area contributed by atoms with Crippen LogP contribution in [-0.4, -0.2) is 25.9 Å². The fourth-order valence-electron chi connectivity index (χ4n) is 2.05. The molecule has 0 bridgehead atoms. The molecule has 2 aromatic heterocycles. The lowest BCUT2D eigenvalue weighted by Gasteiger charge is -2.04. The summed E-state index contributed by atoms with van der Waals surface area (Å²) in [5.41, 5.74) is 8.95. The summed E-state index contributed by atoms with van der Waals surface area (Å²) in [5, 5.41) is 4.55. The lowest BCUT2D eigenvalue weighted by Crippen LogP contribution is -2.07. The van der Waals surface area contributed by atoms with Crippen molar-refractivity contribution in [2.45, 2.75) is 39.8 Å². The van der Waals surface area contributed by atoms with Crippen molar-refractivity contribution >= 4 is 0 Å². The van der Waals surface area contributed by atoms with E-state index < -0.39 is 0 Å². The molecule has 5 nitrogen and oxygen atoms in total. The highest BCUT2D eigenvalue weighted by atomic mass is 15.3. The predicted octanol–water partition coefficient (Wildman–Crippen LogP) is 1.21. The Bertz CT molecular complexity index is 497. The standard InChI is InChI=1S/C13H21N5/c1-3-11-7-13(18(4-2)16-11)9-17-8-12(5-6-14)15-10-17/h7-8,10H,3-6,9,14H2,1-2H3. The molecule has 0 aliphatic heterocycles. The van der Waals surface area contributed by atoms with Crippen LogP contribution in [0.25, 0.3) is 0 Å². The Hall–Kier alpha value is -1.62. The maximum absolute atomic E-state index is 5.53. The zero-order valence-electron chi connectivity index (χ0n) is 11.1. The molecule has 0 unspecified atom stereocenters. The van der Waals surface area contributed by atoms with E-state index in [1.54, 1.807) is 0 Å². The highest BCUT2D eigenvalue weighted by Crippen LogP contribution is 2.08. The van der Waals surface area contributed by atoms with Crippen molar-refractivity contribution in [3.63, 3.8) is 0 Å². The monoisotopic (exact) mass is 247 g/mol. The van der Waals surface area contributed by atoms with Crippen molar-refractivity contribution < 1.29 is 0 Å². The van der Waals surface area contributed by atoms with E-state index in [0.717, 1.165) is 37.3 Å². The molecular weight excluding hydrogens is 226 g/mol. The third-order valence-corrected chi connectivity index (χ3v) is 3.01. The van der Waals surface area contributed by atoms with Crippen LogP contribution in [0, 0.1) is 0 Å². The molecule has 0 aliphatic rings. The first kappa shape index (κ1) is 12.8. The third-order valence-electron chi connectivity index (χ3n) is 3.01. The zero-order valence-corrected chi connectivity index (χ0v) is 11.1. The van der Waals surface area contributed by atoms with Gasteiger partial charge in [0.05, 0.1) is 30.0 Å². The summed E-state index contributed by atoms with van der Waals surface area (Å²) in [6, 6.07) is 2.17. The quantitative estimate of drug-likeness (QED) is 0.834. The molecule has 0 fully saturated rings. The summed E-state index contributed by atoms with van der Waals surface area (Å²) >= 11 is 0. The molecule has 2 heterocycles. The summed E-state index contributed by atoms with van der Waals surface area (Å²) in [6.45, 7) is 6.61. The normalized spacial score (nSPS) is 11.1. The Labute approximate surface area is 108 Å². The van der Waals surface area contributed by atoms with Gasteiger partial charge in [-0.2, -0.15) is 5.10 Å². The molecule has 2 aromatic rings. The van der Waals surface area contributed by atoms with Gasteiger partial charge in [-0.15, -0.1) is 0 Å². The van der Waals surface area contributed by atoms with Gasteiger partial charge >= 0.3 is 0 Å². The van der Waals surface area contributed by atoms with E-state index >= 15 is 0 Å². The van der Waals surface area contributed by atoms with Crippen LogP contribution in [0.4, 0.5) is 0 Å². The Balaban J connectivity index is 2.14. The molecule has 2 rings (SSSR count). The van der Waals surface area contributed by atoms with Crippen molar-refractivity contribution in [1.82, 2.24) is 19.3 Å².